The molecule has 1 aromatic carbocycles. The summed E-state index contributed by atoms with van der Waals surface area (Å²) in [6.07, 6.45) is -2.82. The molecule has 0 aromatic heterocycles. The Labute approximate surface area is 88.8 Å². The molecule has 1 aromatic rings. The van der Waals surface area contributed by atoms with Crippen LogP contribution in [-0.2, 0) is 0 Å². The van der Waals surface area contributed by atoms with E-state index in [0.717, 1.165) is 4.90 Å². The number of hydrogen-bond donors (Lipinski definition) is 1. The predicted molar refractivity (Wildman–Crippen MR) is 52.6 cm³/mol. The highest BCUT2D eigenvalue weighted by Gasteiger charge is 2.37. The molecule has 0 fully saturated rings. The average Bonchev–Trinajstić information content (AvgIpc) is 2.18. The summed E-state index contributed by atoms with van der Waals surface area (Å²) in [5.41, 5.74) is -1.43. The van der Waals surface area contributed by atoms with E-state index >= 15 is 0 Å². The Morgan fingerprint density at radius 1 is 1.27 bits per heavy atom. The number of halogens is 3. The molecule has 15 heavy (non-hydrogen) atoms. The number of hydrogen-bond acceptors (Lipinski definition) is 3. The minimum absolute atomic E-state index is 0.150. The van der Waals surface area contributed by atoms with Crippen LogP contribution in [0.25, 0.3) is 0 Å². The van der Waals surface area contributed by atoms with Crippen LogP contribution in [-0.4, -0.2) is 23.4 Å². The minimum Gasteiger partial charge on any atom is -0.410 e. The van der Waals surface area contributed by atoms with Crippen LogP contribution in [0.3, 0.4) is 0 Å². The Balaban J connectivity index is 3.05. The van der Waals surface area contributed by atoms with Crippen LogP contribution in [0.4, 0.5) is 13.2 Å². The van der Waals surface area contributed by atoms with Gasteiger partial charge >= 0.3 is 6.18 Å². The molecule has 0 spiro atoms. The second kappa shape index (κ2) is 4.57. The van der Waals surface area contributed by atoms with E-state index in [4.69, 9.17) is 5.21 Å². The molecule has 82 valence electrons. The van der Waals surface area contributed by atoms with Crippen molar-refractivity contribution >= 4 is 17.5 Å². The van der Waals surface area contributed by atoms with Crippen molar-refractivity contribution in [3.63, 3.8) is 0 Å². The molecule has 0 unspecified atom stereocenters. The largest absolute Gasteiger partial charge is 0.437 e. The van der Waals surface area contributed by atoms with Gasteiger partial charge < -0.3 is 5.21 Å². The highest BCUT2D eigenvalue weighted by molar-refractivity contribution is 7.98. The lowest BCUT2D eigenvalue weighted by molar-refractivity contribution is -0.0601. The molecule has 1 rings (SSSR count). The van der Waals surface area contributed by atoms with Gasteiger partial charge in [0.25, 0.3) is 0 Å². The summed E-state index contributed by atoms with van der Waals surface area (Å²) >= 11 is 1.42. The van der Waals surface area contributed by atoms with Gasteiger partial charge in [-0.05, 0) is 18.4 Å². The molecule has 0 saturated carbocycles. The first-order chi connectivity index (χ1) is 6.99. The predicted octanol–water partition coefficient (Wildman–Crippen LogP) is 3.15. The van der Waals surface area contributed by atoms with E-state index in [1.54, 1.807) is 0 Å². The fourth-order valence-electron chi connectivity index (χ4n) is 1.03. The van der Waals surface area contributed by atoms with Crippen LogP contribution < -0.4 is 0 Å². The third-order valence-corrected chi connectivity index (χ3v) is 2.48. The molecule has 1 N–H and O–H groups in total. The summed E-state index contributed by atoms with van der Waals surface area (Å²) in [7, 11) is 0. The van der Waals surface area contributed by atoms with Crippen molar-refractivity contribution in [1.82, 2.24) is 0 Å². The van der Waals surface area contributed by atoms with Gasteiger partial charge in [0.05, 0.1) is 0 Å². The minimum atomic E-state index is -4.64. The zero-order valence-electron chi connectivity index (χ0n) is 7.75. The van der Waals surface area contributed by atoms with E-state index in [0.29, 0.717) is 0 Å². The fourth-order valence-corrected chi connectivity index (χ4v) is 1.44. The van der Waals surface area contributed by atoms with E-state index < -0.39 is 11.9 Å². The summed E-state index contributed by atoms with van der Waals surface area (Å²) in [5.74, 6) is 0. The topological polar surface area (TPSA) is 32.6 Å². The van der Waals surface area contributed by atoms with Crippen molar-refractivity contribution in [3.8, 4) is 0 Å². The van der Waals surface area contributed by atoms with Gasteiger partial charge in [-0.3, -0.25) is 0 Å². The van der Waals surface area contributed by atoms with Crippen LogP contribution in [0.15, 0.2) is 34.3 Å². The molecular weight excluding hydrogens is 227 g/mol. The first-order valence-corrected chi connectivity index (χ1v) is 5.15. The van der Waals surface area contributed by atoms with Crippen molar-refractivity contribution in [2.75, 3.05) is 6.26 Å². The highest BCUT2D eigenvalue weighted by atomic mass is 32.2. The van der Waals surface area contributed by atoms with Crippen LogP contribution >= 0.6 is 11.8 Å². The monoisotopic (exact) mass is 235 g/mol. The molecule has 2 nitrogen and oxygen atoms in total. The van der Waals surface area contributed by atoms with Gasteiger partial charge in [0.1, 0.15) is 0 Å². The molecular formula is C9H8F3NOS. The Kier molecular flexibility index (Phi) is 3.62. The maximum absolute atomic E-state index is 12.3. The Hall–Kier alpha value is -1.17. The lowest BCUT2D eigenvalue weighted by Gasteiger charge is -2.08. The molecule has 0 amide bonds. The fraction of sp³-hybridized carbons (Fsp3) is 0.222. The quantitative estimate of drug-likeness (QED) is 0.369. The number of oxime groups is 1. The molecule has 0 atom stereocenters. The summed E-state index contributed by atoms with van der Waals surface area (Å²) in [5, 5.41) is 10.6. The summed E-state index contributed by atoms with van der Waals surface area (Å²) < 4.78 is 36.9. The molecule has 0 radical (unpaired) electrons. The van der Waals surface area contributed by atoms with Crippen LogP contribution in [0.2, 0.25) is 0 Å². The third-order valence-electron chi connectivity index (χ3n) is 1.73. The number of alkyl halides is 3. The highest BCUT2D eigenvalue weighted by Crippen LogP contribution is 2.24. The molecule has 0 aliphatic carbocycles. The van der Waals surface area contributed by atoms with Gasteiger partial charge in [0.15, 0.2) is 5.71 Å². The van der Waals surface area contributed by atoms with Crippen molar-refractivity contribution in [1.29, 1.82) is 0 Å². The molecule has 0 aliphatic rings. The van der Waals surface area contributed by atoms with Crippen molar-refractivity contribution in [2.45, 2.75) is 11.1 Å². The zero-order valence-corrected chi connectivity index (χ0v) is 8.56. The number of benzene rings is 1. The molecule has 0 aliphatic heterocycles. The first-order valence-electron chi connectivity index (χ1n) is 3.92. The zero-order chi connectivity index (χ0) is 11.5. The van der Waals surface area contributed by atoms with E-state index in [2.05, 4.69) is 5.16 Å². The third kappa shape index (κ3) is 2.89. The van der Waals surface area contributed by atoms with Crippen molar-refractivity contribution in [3.05, 3.63) is 29.8 Å². The van der Waals surface area contributed by atoms with E-state index in [1.807, 2.05) is 6.26 Å². The van der Waals surface area contributed by atoms with Crippen LogP contribution in [0.1, 0.15) is 5.56 Å². The average molecular weight is 235 g/mol. The Morgan fingerprint density at radius 3 is 2.13 bits per heavy atom. The van der Waals surface area contributed by atoms with Crippen LogP contribution in [0, 0.1) is 0 Å². The normalized spacial score (nSPS) is 12.9. The maximum Gasteiger partial charge on any atom is 0.437 e. The first kappa shape index (κ1) is 11.9. The van der Waals surface area contributed by atoms with Crippen LogP contribution in [0.5, 0.6) is 0 Å². The maximum atomic E-state index is 12.3. The van der Waals surface area contributed by atoms with E-state index in [-0.39, 0.29) is 5.56 Å². The summed E-state index contributed by atoms with van der Waals surface area (Å²) in [6.45, 7) is 0. The van der Waals surface area contributed by atoms with Crippen molar-refractivity contribution in [2.24, 2.45) is 5.16 Å². The molecule has 0 heterocycles. The van der Waals surface area contributed by atoms with E-state index in [9.17, 15) is 13.2 Å². The standard InChI is InChI=1S/C9H8F3NOS/c1-15-7-4-2-6(3-5-7)8(13-14)9(10,11)12/h2-5,14H,1H3/b13-8+. The number of thioether (sulfide) groups is 1. The van der Waals surface area contributed by atoms with Gasteiger partial charge in [-0.15, -0.1) is 11.8 Å². The van der Waals surface area contributed by atoms with Crippen molar-refractivity contribution < 1.29 is 18.4 Å². The van der Waals surface area contributed by atoms with Gasteiger partial charge in [-0.25, -0.2) is 0 Å². The van der Waals surface area contributed by atoms with Gasteiger partial charge in [0, 0.05) is 10.5 Å². The van der Waals surface area contributed by atoms with Gasteiger partial charge in [-0.1, -0.05) is 17.3 Å². The van der Waals surface area contributed by atoms with E-state index in [1.165, 1.54) is 36.0 Å². The summed E-state index contributed by atoms with van der Waals surface area (Å²) in [6, 6.07) is 5.62. The lowest BCUT2D eigenvalue weighted by Crippen LogP contribution is -2.23. The molecule has 0 saturated heterocycles. The Morgan fingerprint density at radius 2 is 1.80 bits per heavy atom. The SMILES string of the molecule is CSc1ccc(/C(=N\O)C(F)(F)F)cc1. The van der Waals surface area contributed by atoms with Gasteiger partial charge in [0.2, 0.25) is 0 Å². The number of rotatable bonds is 2. The lowest BCUT2D eigenvalue weighted by atomic mass is 10.1. The second-order valence-electron chi connectivity index (χ2n) is 2.67. The smallest absolute Gasteiger partial charge is 0.410 e. The summed E-state index contributed by atoms with van der Waals surface area (Å²) in [4.78, 5) is 0.846. The molecule has 6 heteroatoms. The number of nitrogens with zero attached hydrogens (tertiary/aromatic N) is 1. The Bertz CT molecular complexity index is 359. The van der Waals surface area contributed by atoms with Gasteiger partial charge in [-0.2, -0.15) is 13.2 Å². The molecule has 0 bridgehead atoms. The second-order valence-corrected chi connectivity index (χ2v) is 3.55.